The Hall–Kier alpha value is -0.800. The number of alkyl halides is 1. The zero-order chi connectivity index (χ0) is 12.4. The molecule has 0 radical (unpaired) electrons. The summed E-state index contributed by atoms with van der Waals surface area (Å²) in [5.41, 5.74) is 0. The van der Waals surface area contributed by atoms with Gasteiger partial charge in [0.1, 0.15) is 5.82 Å². The van der Waals surface area contributed by atoms with Crippen LogP contribution in [0.15, 0.2) is 23.7 Å². The van der Waals surface area contributed by atoms with Crippen LogP contribution in [0, 0.1) is 0 Å². The second-order valence-corrected chi connectivity index (χ2v) is 6.07. The number of rotatable bonds is 2. The third-order valence-electron chi connectivity index (χ3n) is 3.69. The predicted octanol–water partition coefficient (Wildman–Crippen LogP) is 4.28. The van der Waals surface area contributed by atoms with Crippen molar-refractivity contribution in [3.63, 3.8) is 0 Å². The third-order valence-corrected chi connectivity index (χ3v) is 4.92. The van der Waals surface area contributed by atoms with E-state index in [9.17, 15) is 0 Å². The summed E-state index contributed by atoms with van der Waals surface area (Å²) >= 11 is 7.94. The van der Waals surface area contributed by atoms with Crippen LogP contribution in [0.3, 0.4) is 0 Å². The van der Waals surface area contributed by atoms with Crippen molar-refractivity contribution in [1.29, 1.82) is 0 Å². The molecule has 3 rings (SSSR count). The Bertz CT molecular complexity index is 525. The Morgan fingerprint density at radius 2 is 2.28 bits per heavy atom. The average molecular weight is 281 g/mol. The van der Waals surface area contributed by atoms with E-state index in [0.717, 1.165) is 12.4 Å². The van der Waals surface area contributed by atoms with Gasteiger partial charge in [0.25, 0.3) is 0 Å². The highest BCUT2D eigenvalue weighted by molar-refractivity contribution is 7.17. The summed E-state index contributed by atoms with van der Waals surface area (Å²) in [6.45, 7) is 1.08. The average Bonchev–Trinajstić information content (AvgIpc) is 2.76. The molecule has 1 fully saturated rings. The number of hydrogen-bond acceptors (Lipinski definition) is 3. The normalized spacial score (nSPS) is 21.2. The number of nitrogens with zero attached hydrogens (tertiary/aromatic N) is 2. The van der Waals surface area contributed by atoms with Crippen LogP contribution < -0.4 is 4.90 Å². The highest BCUT2D eigenvalue weighted by Gasteiger charge is 2.22. The van der Waals surface area contributed by atoms with Gasteiger partial charge in [-0.15, -0.1) is 22.9 Å². The summed E-state index contributed by atoms with van der Waals surface area (Å²) in [7, 11) is 0. The summed E-state index contributed by atoms with van der Waals surface area (Å²) in [6, 6.07) is 4.71. The van der Waals surface area contributed by atoms with Gasteiger partial charge in [0.2, 0.25) is 0 Å². The minimum absolute atomic E-state index is 0.437. The smallest absolute Gasteiger partial charge is 0.137 e. The van der Waals surface area contributed by atoms with Crippen molar-refractivity contribution in [2.45, 2.75) is 31.7 Å². The maximum absolute atomic E-state index is 6.16. The molecule has 0 bridgehead atoms. The molecule has 0 saturated carbocycles. The van der Waals surface area contributed by atoms with Crippen LogP contribution >= 0.6 is 22.9 Å². The van der Waals surface area contributed by atoms with Crippen LogP contribution in [0.1, 0.15) is 25.7 Å². The lowest BCUT2D eigenvalue weighted by Gasteiger charge is -2.30. The number of fused-ring (bicyclic) bond motifs is 1. The molecule has 2 nitrogen and oxygen atoms in total. The van der Waals surface area contributed by atoms with Crippen molar-refractivity contribution in [2.75, 3.05) is 17.3 Å². The molecule has 1 unspecified atom stereocenters. The van der Waals surface area contributed by atoms with Crippen LogP contribution in [-0.2, 0) is 0 Å². The molecule has 0 aromatic carbocycles. The van der Waals surface area contributed by atoms with Gasteiger partial charge in [-0.2, -0.15) is 0 Å². The van der Waals surface area contributed by atoms with Crippen molar-refractivity contribution in [3.8, 4) is 0 Å². The summed E-state index contributed by atoms with van der Waals surface area (Å²) in [4.78, 5) is 7.04. The molecule has 4 heteroatoms. The van der Waals surface area contributed by atoms with E-state index in [1.807, 2.05) is 6.20 Å². The highest BCUT2D eigenvalue weighted by atomic mass is 35.5. The Kier molecular flexibility index (Phi) is 3.71. The summed E-state index contributed by atoms with van der Waals surface area (Å²) in [6.07, 6.45) is 6.95. The Labute approximate surface area is 117 Å². The van der Waals surface area contributed by atoms with Gasteiger partial charge in [-0.05, 0) is 30.4 Å². The Balaban J connectivity index is 2.02. The molecule has 0 aliphatic carbocycles. The largest absolute Gasteiger partial charge is 0.352 e. The fourth-order valence-corrected chi connectivity index (χ4v) is 3.82. The lowest BCUT2D eigenvalue weighted by molar-refractivity contribution is 0.618. The van der Waals surface area contributed by atoms with E-state index in [1.54, 1.807) is 11.3 Å². The molecule has 1 aliphatic rings. The van der Waals surface area contributed by atoms with Gasteiger partial charge in [0.05, 0.1) is 0 Å². The van der Waals surface area contributed by atoms with Gasteiger partial charge in [0.15, 0.2) is 0 Å². The van der Waals surface area contributed by atoms with Crippen molar-refractivity contribution in [2.24, 2.45) is 0 Å². The van der Waals surface area contributed by atoms with Gasteiger partial charge in [-0.25, -0.2) is 4.98 Å². The molecule has 0 amide bonds. The van der Waals surface area contributed by atoms with E-state index < -0.39 is 0 Å². The molecule has 1 saturated heterocycles. The van der Waals surface area contributed by atoms with E-state index in [2.05, 4.69) is 27.4 Å². The lowest BCUT2D eigenvalue weighted by atomic mass is 10.1. The summed E-state index contributed by atoms with van der Waals surface area (Å²) in [5.74, 6) is 1.82. The van der Waals surface area contributed by atoms with Crippen LogP contribution in [-0.4, -0.2) is 23.5 Å². The zero-order valence-electron chi connectivity index (χ0n) is 10.3. The van der Waals surface area contributed by atoms with Gasteiger partial charge in [-0.1, -0.05) is 12.8 Å². The molecule has 96 valence electrons. The summed E-state index contributed by atoms with van der Waals surface area (Å²) in [5, 5.41) is 3.42. The molecule has 18 heavy (non-hydrogen) atoms. The topological polar surface area (TPSA) is 16.1 Å². The first-order valence-corrected chi connectivity index (χ1v) is 7.96. The maximum atomic E-state index is 6.16. The zero-order valence-corrected chi connectivity index (χ0v) is 11.9. The standard InChI is InChI=1S/C14H17ClN2S/c15-10-11-4-2-1-3-8-17(11)14-12-6-9-18-13(12)5-7-16-14/h5-7,9,11H,1-4,8,10H2. The van der Waals surface area contributed by atoms with E-state index in [0.29, 0.717) is 11.9 Å². The number of pyridine rings is 1. The second kappa shape index (κ2) is 5.45. The van der Waals surface area contributed by atoms with Gasteiger partial charge in [0, 0.05) is 34.7 Å². The molecule has 2 aromatic heterocycles. The van der Waals surface area contributed by atoms with Crippen LogP contribution in [0.2, 0.25) is 0 Å². The number of thiophene rings is 1. The third kappa shape index (κ3) is 2.21. The van der Waals surface area contributed by atoms with Crippen LogP contribution in [0.25, 0.3) is 10.1 Å². The fourth-order valence-electron chi connectivity index (χ4n) is 2.73. The van der Waals surface area contributed by atoms with Gasteiger partial charge < -0.3 is 4.90 Å². The monoisotopic (exact) mass is 280 g/mol. The first-order valence-electron chi connectivity index (χ1n) is 6.55. The Morgan fingerprint density at radius 1 is 1.33 bits per heavy atom. The molecule has 1 atom stereocenters. The minimum atomic E-state index is 0.437. The van der Waals surface area contributed by atoms with Gasteiger partial charge in [-0.3, -0.25) is 0 Å². The second-order valence-electron chi connectivity index (χ2n) is 4.82. The van der Waals surface area contributed by atoms with Crippen molar-refractivity contribution in [1.82, 2.24) is 4.98 Å². The number of aromatic nitrogens is 1. The molecular weight excluding hydrogens is 264 g/mol. The van der Waals surface area contributed by atoms with Crippen molar-refractivity contribution in [3.05, 3.63) is 23.7 Å². The van der Waals surface area contributed by atoms with E-state index in [4.69, 9.17) is 11.6 Å². The van der Waals surface area contributed by atoms with Crippen molar-refractivity contribution >= 4 is 38.8 Å². The maximum Gasteiger partial charge on any atom is 0.137 e. The summed E-state index contributed by atoms with van der Waals surface area (Å²) < 4.78 is 1.32. The lowest BCUT2D eigenvalue weighted by Crippen LogP contribution is -2.36. The van der Waals surface area contributed by atoms with E-state index >= 15 is 0 Å². The fraction of sp³-hybridized carbons (Fsp3) is 0.500. The molecule has 3 heterocycles. The SMILES string of the molecule is ClCC1CCCCCN1c1nccc2sccc12. The van der Waals surface area contributed by atoms with Crippen LogP contribution in [0.4, 0.5) is 5.82 Å². The highest BCUT2D eigenvalue weighted by Crippen LogP contribution is 2.32. The molecule has 2 aromatic rings. The number of anilines is 1. The molecule has 0 N–H and O–H groups in total. The first-order chi connectivity index (χ1) is 8.90. The Morgan fingerprint density at radius 3 is 3.17 bits per heavy atom. The van der Waals surface area contributed by atoms with Crippen molar-refractivity contribution < 1.29 is 0 Å². The molecular formula is C14H17ClN2S. The first kappa shape index (κ1) is 12.2. The van der Waals surface area contributed by atoms with E-state index in [1.165, 1.54) is 35.8 Å². The van der Waals surface area contributed by atoms with E-state index in [-0.39, 0.29) is 0 Å². The quantitative estimate of drug-likeness (QED) is 0.763. The predicted molar refractivity (Wildman–Crippen MR) is 79.9 cm³/mol. The minimum Gasteiger partial charge on any atom is -0.352 e. The number of halogens is 1. The van der Waals surface area contributed by atoms with Crippen LogP contribution in [0.5, 0.6) is 0 Å². The van der Waals surface area contributed by atoms with Gasteiger partial charge >= 0.3 is 0 Å². The molecule has 1 aliphatic heterocycles. The molecule has 0 spiro atoms. The number of hydrogen-bond donors (Lipinski definition) is 0.